The summed E-state index contributed by atoms with van der Waals surface area (Å²) in [5, 5.41) is 2.72. The van der Waals surface area contributed by atoms with Crippen LogP contribution in [0.5, 0.6) is 0 Å². The van der Waals surface area contributed by atoms with Crippen LogP contribution in [0.2, 0.25) is 0 Å². The second-order valence-corrected chi connectivity index (χ2v) is 2.44. The quantitative estimate of drug-likeness (QED) is 0.656. The van der Waals surface area contributed by atoms with Crippen molar-refractivity contribution in [3.05, 3.63) is 35.4 Å². The zero-order valence-electron chi connectivity index (χ0n) is 6.64. The van der Waals surface area contributed by atoms with Crippen molar-refractivity contribution in [3.8, 4) is 0 Å². The molecule has 0 aliphatic carbocycles. The summed E-state index contributed by atoms with van der Waals surface area (Å²) in [6.45, 7) is 0. The van der Waals surface area contributed by atoms with E-state index >= 15 is 0 Å². The Labute approximate surface area is 69.4 Å². The predicted molar refractivity (Wildman–Crippen MR) is 42.3 cm³/mol. The largest absolute Gasteiger partial charge is 0.312 e. The molecule has 0 amide bonds. The number of rotatable bonds is 2. The number of hydrogen-bond acceptors (Lipinski definition) is 2. The molecule has 0 bridgehead atoms. The summed E-state index contributed by atoms with van der Waals surface area (Å²) in [6, 6.07) is 3.58. The van der Waals surface area contributed by atoms with E-state index in [1.54, 1.807) is 7.05 Å². The van der Waals surface area contributed by atoms with Gasteiger partial charge < -0.3 is 11.1 Å². The first kappa shape index (κ1) is 9.09. The SMILES string of the molecule is CNC(N)c1ccc(F)c(F)c1. The van der Waals surface area contributed by atoms with Crippen molar-refractivity contribution in [1.82, 2.24) is 5.32 Å². The van der Waals surface area contributed by atoms with E-state index in [0.717, 1.165) is 12.1 Å². The van der Waals surface area contributed by atoms with Crippen LogP contribution in [0.1, 0.15) is 11.7 Å². The van der Waals surface area contributed by atoms with Gasteiger partial charge in [0.15, 0.2) is 11.6 Å². The third kappa shape index (κ3) is 1.78. The van der Waals surface area contributed by atoms with Gasteiger partial charge in [-0.15, -0.1) is 0 Å². The van der Waals surface area contributed by atoms with Crippen LogP contribution in [0.15, 0.2) is 18.2 Å². The minimum absolute atomic E-state index is 0.458. The van der Waals surface area contributed by atoms with Crippen molar-refractivity contribution in [1.29, 1.82) is 0 Å². The molecule has 1 aromatic rings. The second-order valence-electron chi connectivity index (χ2n) is 2.44. The Balaban J connectivity index is 2.96. The Hall–Kier alpha value is -1.00. The standard InChI is InChI=1S/C8H10F2N2/c1-12-8(11)5-2-3-6(9)7(10)4-5/h2-4,8,12H,11H2,1H3. The number of hydrogen-bond donors (Lipinski definition) is 2. The summed E-state index contributed by atoms with van der Waals surface area (Å²) in [7, 11) is 1.64. The smallest absolute Gasteiger partial charge is 0.159 e. The van der Waals surface area contributed by atoms with Crippen molar-refractivity contribution in [2.45, 2.75) is 6.17 Å². The van der Waals surface area contributed by atoms with E-state index in [0.29, 0.717) is 5.56 Å². The molecule has 12 heavy (non-hydrogen) atoms. The third-order valence-corrected chi connectivity index (χ3v) is 1.61. The Morgan fingerprint density at radius 2 is 2.00 bits per heavy atom. The second kappa shape index (κ2) is 3.60. The van der Waals surface area contributed by atoms with E-state index in [1.165, 1.54) is 6.07 Å². The number of benzene rings is 1. The molecule has 0 saturated carbocycles. The highest BCUT2D eigenvalue weighted by Crippen LogP contribution is 2.12. The van der Waals surface area contributed by atoms with Crippen molar-refractivity contribution in [2.24, 2.45) is 5.73 Å². The van der Waals surface area contributed by atoms with Crippen LogP contribution in [0, 0.1) is 11.6 Å². The van der Waals surface area contributed by atoms with E-state index in [1.807, 2.05) is 0 Å². The van der Waals surface area contributed by atoms with Crippen LogP contribution < -0.4 is 11.1 Å². The molecule has 66 valence electrons. The van der Waals surface area contributed by atoms with Crippen LogP contribution >= 0.6 is 0 Å². The van der Waals surface area contributed by atoms with Crippen LogP contribution in [-0.4, -0.2) is 7.05 Å². The lowest BCUT2D eigenvalue weighted by Crippen LogP contribution is -2.24. The summed E-state index contributed by atoms with van der Waals surface area (Å²) in [5.74, 6) is -1.74. The molecular formula is C8H10F2N2. The van der Waals surface area contributed by atoms with Crippen molar-refractivity contribution in [3.63, 3.8) is 0 Å². The average Bonchev–Trinajstić information content (AvgIpc) is 2.08. The number of nitrogens with two attached hydrogens (primary N) is 1. The lowest BCUT2D eigenvalue weighted by Gasteiger charge is -2.09. The Morgan fingerprint density at radius 1 is 1.33 bits per heavy atom. The maximum atomic E-state index is 12.6. The van der Waals surface area contributed by atoms with E-state index < -0.39 is 17.8 Å². The highest BCUT2D eigenvalue weighted by atomic mass is 19.2. The van der Waals surface area contributed by atoms with E-state index in [-0.39, 0.29) is 0 Å². The normalized spacial score (nSPS) is 13.0. The molecule has 0 radical (unpaired) electrons. The summed E-state index contributed by atoms with van der Waals surface area (Å²) in [4.78, 5) is 0. The van der Waals surface area contributed by atoms with Gasteiger partial charge in [-0.3, -0.25) is 0 Å². The third-order valence-electron chi connectivity index (χ3n) is 1.61. The number of nitrogens with one attached hydrogen (secondary N) is 1. The van der Waals surface area contributed by atoms with Gasteiger partial charge in [-0.1, -0.05) is 6.07 Å². The Bertz CT molecular complexity index is 276. The van der Waals surface area contributed by atoms with E-state index in [2.05, 4.69) is 5.32 Å². The van der Waals surface area contributed by atoms with Crippen molar-refractivity contribution >= 4 is 0 Å². The summed E-state index contributed by atoms with van der Waals surface area (Å²) in [6.07, 6.45) is -0.458. The first-order chi connectivity index (χ1) is 5.65. The highest BCUT2D eigenvalue weighted by Gasteiger charge is 2.06. The van der Waals surface area contributed by atoms with Gasteiger partial charge >= 0.3 is 0 Å². The molecule has 2 nitrogen and oxygen atoms in total. The molecule has 1 unspecified atom stereocenters. The molecule has 3 N–H and O–H groups in total. The first-order valence-electron chi connectivity index (χ1n) is 3.53. The van der Waals surface area contributed by atoms with Gasteiger partial charge in [0.05, 0.1) is 6.17 Å². The van der Waals surface area contributed by atoms with Crippen molar-refractivity contribution in [2.75, 3.05) is 7.05 Å². The fourth-order valence-electron chi connectivity index (χ4n) is 0.872. The average molecular weight is 172 g/mol. The monoisotopic (exact) mass is 172 g/mol. The Kier molecular flexibility index (Phi) is 2.73. The molecule has 0 fully saturated rings. The molecule has 0 aliphatic rings. The molecule has 0 saturated heterocycles. The van der Waals surface area contributed by atoms with Gasteiger partial charge in [-0.25, -0.2) is 8.78 Å². The predicted octanol–water partition coefficient (Wildman–Crippen LogP) is 1.14. The molecule has 0 heterocycles. The topological polar surface area (TPSA) is 38.0 Å². The molecule has 0 spiro atoms. The van der Waals surface area contributed by atoms with Gasteiger partial charge in [0.1, 0.15) is 0 Å². The summed E-state index contributed by atoms with van der Waals surface area (Å²) >= 11 is 0. The van der Waals surface area contributed by atoms with Crippen LogP contribution in [0.3, 0.4) is 0 Å². The van der Waals surface area contributed by atoms with Gasteiger partial charge in [-0.2, -0.15) is 0 Å². The van der Waals surface area contributed by atoms with Gasteiger partial charge in [0.25, 0.3) is 0 Å². The maximum absolute atomic E-state index is 12.6. The van der Waals surface area contributed by atoms with Crippen LogP contribution in [0.4, 0.5) is 8.78 Å². The molecule has 1 rings (SSSR count). The van der Waals surface area contributed by atoms with Gasteiger partial charge in [0.2, 0.25) is 0 Å². The van der Waals surface area contributed by atoms with E-state index in [9.17, 15) is 8.78 Å². The fraction of sp³-hybridized carbons (Fsp3) is 0.250. The zero-order valence-corrected chi connectivity index (χ0v) is 6.64. The molecule has 0 aromatic heterocycles. The number of halogens is 2. The van der Waals surface area contributed by atoms with E-state index in [4.69, 9.17) is 5.73 Å². The van der Waals surface area contributed by atoms with Crippen LogP contribution in [0.25, 0.3) is 0 Å². The van der Waals surface area contributed by atoms with Gasteiger partial charge in [0, 0.05) is 0 Å². The lowest BCUT2D eigenvalue weighted by atomic mass is 10.2. The van der Waals surface area contributed by atoms with Crippen molar-refractivity contribution < 1.29 is 8.78 Å². The van der Waals surface area contributed by atoms with Crippen LogP contribution in [-0.2, 0) is 0 Å². The summed E-state index contributed by atoms with van der Waals surface area (Å²) in [5.41, 5.74) is 6.04. The minimum Gasteiger partial charge on any atom is -0.312 e. The zero-order chi connectivity index (χ0) is 9.14. The highest BCUT2D eigenvalue weighted by molar-refractivity contribution is 5.20. The first-order valence-corrected chi connectivity index (χ1v) is 3.53. The maximum Gasteiger partial charge on any atom is 0.159 e. The lowest BCUT2D eigenvalue weighted by molar-refractivity contribution is 0.502. The summed E-state index contributed by atoms with van der Waals surface area (Å²) < 4.78 is 25.0. The molecule has 1 atom stereocenters. The molecule has 0 aliphatic heterocycles. The fourth-order valence-corrected chi connectivity index (χ4v) is 0.872. The molecule has 1 aromatic carbocycles. The molecule has 4 heteroatoms. The molecular weight excluding hydrogens is 162 g/mol. The van der Waals surface area contributed by atoms with Gasteiger partial charge in [-0.05, 0) is 24.7 Å². The minimum atomic E-state index is -0.877. The Morgan fingerprint density at radius 3 is 2.50 bits per heavy atom.